The summed E-state index contributed by atoms with van der Waals surface area (Å²) in [5.41, 5.74) is 2.47. The third-order valence-corrected chi connectivity index (χ3v) is 7.01. The van der Waals surface area contributed by atoms with Gasteiger partial charge in [0.25, 0.3) is 0 Å². The molecule has 2 amide bonds. The zero-order chi connectivity index (χ0) is 27.3. The van der Waals surface area contributed by atoms with E-state index in [0.717, 1.165) is 51.6 Å². The van der Waals surface area contributed by atoms with Crippen molar-refractivity contribution in [1.82, 2.24) is 10.6 Å². The Hall–Kier alpha value is -0.579. The van der Waals surface area contributed by atoms with Crippen molar-refractivity contribution in [2.75, 3.05) is 24.6 Å². The molecule has 0 saturated heterocycles. The number of hydrogen-bond acceptors (Lipinski definition) is 4. The molecule has 2 N–H and O–H groups in total. The monoisotopic (exact) mass is 952 g/mol. The van der Waals surface area contributed by atoms with Crippen LogP contribution in [0.1, 0.15) is 77.0 Å². The number of hydrogen-bond donors (Lipinski definition) is 2. The van der Waals surface area contributed by atoms with Crippen LogP contribution in [0, 0.1) is 0 Å². The van der Waals surface area contributed by atoms with Gasteiger partial charge in [0.05, 0.1) is 0 Å². The van der Waals surface area contributed by atoms with E-state index in [1.807, 2.05) is 0 Å². The number of carbonyl (C=O) groups is 2. The quantitative estimate of drug-likeness (QED) is 0.0864. The topological polar surface area (TPSA) is 66.0 Å². The van der Waals surface area contributed by atoms with Crippen LogP contribution in [0.4, 0.5) is 0 Å². The summed E-state index contributed by atoms with van der Waals surface area (Å²) in [4.78, 5) is 23.1. The molecular formula is C30H46Au2N4O2S2+2. The van der Waals surface area contributed by atoms with Crippen molar-refractivity contribution in [2.45, 2.75) is 90.1 Å². The van der Waals surface area contributed by atoms with Crippen LogP contribution in [0.3, 0.4) is 0 Å². The minimum Gasteiger partial charge on any atom is -0.791 e. The van der Waals surface area contributed by atoms with Crippen molar-refractivity contribution < 1.29 is 63.5 Å². The van der Waals surface area contributed by atoms with Crippen molar-refractivity contribution >= 4 is 37.1 Å². The summed E-state index contributed by atoms with van der Waals surface area (Å²) in [5, 5.41) is 5.68. The molecule has 6 nitrogen and oxygen atoms in total. The van der Waals surface area contributed by atoms with E-state index < -0.39 is 0 Å². The smallest absolute Gasteiger partial charge is 0.791 e. The Labute approximate surface area is 284 Å². The Kier molecular flexibility index (Phi) is 25.7. The minimum atomic E-state index is 0. The molecule has 0 unspecified atom stereocenters. The normalized spacial score (nSPS) is 10.3. The number of rotatable bonds is 21. The molecule has 2 aromatic heterocycles. The summed E-state index contributed by atoms with van der Waals surface area (Å²) in [6.07, 6.45) is 21.1. The van der Waals surface area contributed by atoms with Crippen molar-refractivity contribution in [3.8, 4) is 11.1 Å². The van der Waals surface area contributed by atoms with E-state index in [2.05, 4.69) is 68.8 Å². The standard InChI is InChI=1S/C30H46N4O2S2.2Au/c35-29(31-17-25-37)11-7-3-1-5-9-19-33-21-13-27(14-22-33)28-15-23-34(24-16-28)20-10-6-2-4-8-12-30(36)32-18-26-38;;/h13-16,21-24H,1-12,17-20,25-26H2,(H2-2,31,32,35,36,37,38);;/q;2*+1. The number of nitrogens with one attached hydrogen (secondary N) is 2. The molecule has 2 rings (SSSR count). The van der Waals surface area contributed by atoms with Crippen molar-refractivity contribution in [2.24, 2.45) is 0 Å². The predicted molar refractivity (Wildman–Crippen MR) is 158 cm³/mol. The van der Waals surface area contributed by atoms with Crippen LogP contribution in [0.15, 0.2) is 49.1 Å². The fraction of sp³-hybridized carbons (Fsp3) is 0.600. The van der Waals surface area contributed by atoms with Crippen LogP contribution in [0.5, 0.6) is 0 Å². The Morgan fingerprint density at radius 2 is 0.875 bits per heavy atom. The number of amides is 2. The molecule has 0 saturated carbocycles. The van der Waals surface area contributed by atoms with Gasteiger partial charge in [-0.05, 0) is 49.9 Å². The SMILES string of the molecule is O=C(CCCCCCC[n+]1ccc(-c2cc[n+](CCCCCCCC(=O)NCC[S-])cc2)cc1)NCC[S-].[Au+].[Au+]. The fourth-order valence-electron chi connectivity index (χ4n) is 4.38. The average molecular weight is 953 g/mol. The number of carbonyl (C=O) groups excluding carboxylic acids is 2. The van der Waals surface area contributed by atoms with Crippen LogP contribution in [-0.2, 0) is 92.7 Å². The summed E-state index contributed by atoms with van der Waals surface area (Å²) in [7, 11) is 0. The zero-order valence-electron chi connectivity index (χ0n) is 23.5. The fourth-order valence-corrected chi connectivity index (χ4v) is 4.58. The van der Waals surface area contributed by atoms with E-state index in [1.54, 1.807) is 0 Å². The summed E-state index contributed by atoms with van der Waals surface area (Å²) in [6, 6.07) is 8.77. The van der Waals surface area contributed by atoms with E-state index in [-0.39, 0.29) is 56.6 Å². The maximum absolute atomic E-state index is 11.6. The van der Waals surface area contributed by atoms with Gasteiger partial charge in [-0.1, -0.05) is 25.7 Å². The second-order valence-corrected chi connectivity index (χ2v) is 10.6. The molecular weight excluding hydrogens is 906 g/mol. The van der Waals surface area contributed by atoms with E-state index in [4.69, 9.17) is 25.3 Å². The summed E-state index contributed by atoms with van der Waals surface area (Å²) < 4.78 is 4.50. The molecule has 2 heterocycles. The molecule has 230 valence electrons. The third-order valence-electron chi connectivity index (χ3n) is 6.60. The molecule has 10 heteroatoms. The van der Waals surface area contributed by atoms with Crippen LogP contribution in [0.2, 0.25) is 0 Å². The Bertz CT molecular complexity index is 843. The van der Waals surface area contributed by atoms with E-state index in [9.17, 15) is 9.59 Å². The molecule has 0 radical (unpaired) electrons. The van der Waals surface area contributed by atoms with E-state index >= 15 is 0 Å². The summed E-state index contributed by atoms with van der Waals surface area (Å²) >= 11 is 9.68. The molecule has 0 atom stereocenters. The van der Waals surface area contributed by atoms with Crippen molar-refractivity contribution in [3.05, 3.63) is 49.1 Å². The Morgan fingerprint density at radius 1 is 0.550 bits per heavy atom. The summed E-state index contributed by atoms with van der Waals surface area (Å²) in [5.74, 6) is 1.42. The second kappa shape index (κ2) is 26.1. The number of nitrogens with zero attached hydrogens (tertiary/aromatic N) is 2. The van der Waals surface area contributed by atoms with E-state index in [0.29, 0.717) is 37.4 Å². The predicted octanol–water partition coefficient (Wildman–Crippen LogP) is 3.93. The van der Waals surface area contributed by atoms with Gasteiger partial charge in [-0.15, -0.1) is 0 Å². The van der Waals surface area contributed by atoms with Crippen LogP contribution in [-0.4, -0.2) is 36.4 Å². The first kappa shape index (κ1) is 39.4. The molecule has 2 aromatic rings. The van der Waals surface area contributed by atoms with Crippen molar-refractivity contribution in [3.63, 3.8) is 0 Å². The third kappa shape index (κ3) is 18.8. The van der Waals surface area contributed by atoms with Gasteiger partial charge in [-0.2, -0.15) is 11.5 Å². The van der Waals surface area contributed by atoms with Gasteiger partial charge in [-0.3, -0.25) is 9.59 Å². The largest absolute Gasteiger partial charge is 1.00 e. The van der Waals surface area contributed by atoms with Crippen LogP contribution >= 0.6 is 0 Å². The van der Waals surface area contributed by atoms with Gasteiger partial charge >= 0.3 is 44.8 Å². The Balaban J connectivity index is 0.00000760. The van der Waals surface area contributed by atoms with Gasteiger partial charge < -0.3 is 35.9 Å². The first-order chi connectivity index (χ1) is 18.6. The first-order valence-electron chi connectivity index (χ1n) is 14.3. The minimum absolute atomic E-state index is 0. The molecule has 0 aliphatic rings. The van der Waals surface area contributed by atoms with Crippen molar-refractivity contribution in [1.29, 1.82) is 0 Å². The second-order valence-electron chi connectivity index (χ2n) is 9.79. The molecule has 40 heavy (non-hydrogen) atoms. The molecule has 0 spiro atoms. The van der Waals surface area contributed by atoms with Gasteiger partial charge in [-0.25, -0.2) is 9.13 Å². The van der Waals surface area contributed by atoms with Gasteiger partial charge in [0.2, 0.25) is 11.8 Å². The van der Waals surface area contributed by atoms with Crippen LogP contribution < -0.4 is 19.8 Å². The maximum Gasteiger partial charge on any atom is 1.00 e. The maximum atomic E-state index is 11.6. The molecule has 0 fully saturated rings. The van der Waals surface area contributed by atoms with Gasteiger partial charge in [0, 0.05) is 49.9 Å². The number of pyridine rings is 2. The first-order valence-corrected chi connectivity index (χ1v) is 15.5. The molecule has 0 aliphatic carbocycles. The van der Waals surface area contributed by atoms with Gasteiger partial charge in [0.1, 0.15) is 13.1 Å². The number of aryl methyl sites for hydroxylation is 2. The average Bonchev–Trinajstić information content (AvgIpc) is 2.94. The summed E-state index contributed by atoms with van der Waals surface area (Å²) in [6.45, 7) is 3.26. The molecule has 0 bridgehead atoms. The number of unbranched alkanes of at least 4 members (excludes halogenated alkanes) is 8. The Morgan fingerprint density at radius 3 is 1.23 bits per heavy atom. The number of aromatic nitrogens is 2. The molecule has 0 aliphatic heterocycles. The van der Waals surface area contributed by atoms with E-state index in [1.165, 1.54) is 36.8 Å². The van der Waals surface area contributed by atoms with Crippen LogP contribution in [0.25, 0.3) is 11.1 Å². The molecule has 0 aromatic carbocycles. The van der Waals surface area contributed by atoms with Gasteiger partial charge in [0.15, 0.2) is 24.8 Å². The zero-order valence-corrected chi connectivity index (χ0v) is 29.4.